The van der Waals surface area contributed by atoms with Gasteiger partial charge in [0.15, 0.2) is 22.5 Å². The highest BCUT2D eigenvalue weighted by Crippen LogP contribution is 2.55. The molecule has 0 atom stereocenters. The average Bonchev–Trinajstić information content (AvgIpc) is 3.30. The molecule has 4 aliphatic carbocycles. The van der Waals surface area contributed by atoms with E-state index >= 15 is 0 Å². The number of hydrogen-bond donors (Lipinski definition) is 1. The Morgan fingerprint density at radius 1 is 1.13 bits per heavy atom. The molecular weight excluding hydrogens is 400 g/mol. The van der Waals surface area contributed by atoms with Gasteiger partial charge in [-0.15, -0.1) is 10.2 Å². The van der Waals surface area contributed by atoms with Gasteiger partial charge in [0.1, 0.15) is 0 Å². The number of nitrogens with zero attached hydrogens (tertiary/aromatic N) is 3. The maximum absolute atomic E-state index is 12.8. The van der Waals surface area contributed by atoms with Crippen molar-refractivity contribution in [2.45, 2.75) is 49.2 Å². The highest BCUT2D eigenvalue weighted by molar-refractivity contribution is 7.99. The largest absolute Gasteiger partial charge is 0.454 e. The Labute approximate surface area is 179 Å². The van der Waals surface area contributed by atoms with Crippen molar-refractivity contribution in [1.82, 2.24) is 20.1 Å². The molecule has 4 bridgehead atoms. The van der Waals surface area contributed by atoms with E-state index in [0.717, 1.165) is 45.8 Å². The van der Waals surface area contributed by atoms with Crippen molar-refractivity contribution < 1.29 is 14.3 Å². The lowest BCUT2D eigenvalue weighted by molar-refractivity contribution is -0.124. The maximum Gasteiger partial charge on any atom is 0.231 e. The first-order chi connectivity index (χ1) is 14.6. The van der Waals surface area contributed by atoms with Gasteiger partial charge in [0, 0.05) is 18.2 Å². The zero-order chi connectivity index (χ0) is 20.3. The van der Waals surface area contributed by atoms with E-state index in [1.807, 2.05) is 29.8 Å². The van der Waals surface area contributed by atoms with Crippen molar-refractivity contribution in [3.63, 3.8) is 0 Å². The summed E-state index contributed by atoms with van der Waals surface area (Å²) in [5.74, 6) is 5.18. The fourth-order valence-electron chi connectivity index (χ4n) is 6.45. The van der Waals surface area contributed by atoms with E-state index in [0.29, 0.717) is 5.75 Å². The van der Waals surface area contributed by atoms with Gasteiger partial charge in [0.05, 0.1) is 5.75 Å². The quantitative estimate of drug-likeness (QED) is 0.739. The fourth-order valence-corrected chi connectivity index (χ4v) is 7.16. The van der Waals surface area contributed by atoms with Crippen LogP contribution in [-0.2, 0) is 11.8 Å². The summed E-state index contributed by atoms with van der Waals surface area (Å²) in [5.41, 5.74) is 0.975. The molecule has 1 aliphatic heterocycles. The molecule has 158 valence electrons. The van der Waals surface area contributed by atoms with E-state index in [-0.39, 0.29) is 18.2 Å². The first-order valence-corrected chi connectivity index (χ1v) is 11.8. The van der Waals surface area contributed by atoms with Gasteiger partial charge in [0.2, 0.25) is 12.7 Å². The zero-order valence-corrected chi connectivity index (χ0v) is 17.9. The van der Waals surface area contributed by atoms with Crippen LogP contribution < -0.4 is 14.8 Å². The number of rotatable bonds is 5. The predicted octanol–water partition coefficient (Wildman–Crippen LogP) is 3.39. The van der Waals surface area contributed by atoms with Crippen molar-refractivity contribution in [2.24, 2.45) is 24.8 Å². The predicted molar refractivity (Wildman–Crippen MR) is 112 cm³/mol. The van der Waals surface area contributed by atoms with Crippen LogP contribution in [0.15, 0.2) is 23.4 Å². The summed E-state index contributed by atoms with van der Waals surface area (Å²) in [6.45, 7) is 0.248. The summed E-state index contributed by atoms with van der Waals surface area (Å²) in [7, 11) is 1.93. The third kappa shape index (κ3) is 3.16. The van der Waals surface area contributed by atoms with Crippen LogP contribution in [0.1, 0.15) is 38.5 Å². The maximum atomic E-state index is 12.8. The second-order valence-corrected chi connectivity index (χ2v) is 10.4. The van der Waals surface area contributed by atoms with Gasteiger partial charge in [-0.2, -0.15) is 0 Å². The molecule has 1 amide bonds. The minimum Gasteiger partial charge on any atom is -0.454 e. The molecule has 5 aliphatic rings. The second kappa shape index (κ2) is 6.90. The third-order valence-electron chi connectivity index (χ3n) is 7.24. The first kappa shape index (κ1) is 18.5. The molecule has 1 aromatic carbocycles. The Morgan fingerprint density at radius 3 is 2.57 bits per heavy atom. The SMILES string of the molecule is Cn1c(SCC(=O)NC23CC4CC(CC(C4)C2)C3)nnc1-c1ccc2c(c1)OCO2. The number of thioether (sulfide) groups is 1. The van der Waals surface area contributed by atoms with Crippen LogP contribution in [0.5, 0.6) is 11.5 Å². The van der Waals surface area contributed by atoms with Gasteiger partial charge in [-0.3, -0.25) is 4.79 Å². The average molecular weight is 427 g/mol. The van der Waals surface area contributed by atoms with Crippen LogP contribution >= 0.6 is 11.8 Å². The minimum absolute atomic E-state index is 0.0595. The number of nitrogens with one attached hydrogen (secondary N) is 1. The molecule has 7 rings (SSSR count). The third-order valence-corrected chi connectivity index (χ3v) is 8.26. The van der Waals surface area contributed by atoms with Crippen LogP contribution in [0.25, 0.3) is 11.4 Å². The van der Waals surface area contributed by atoms with Crippen LogP contribution in [0.2, 0.25) is 0 Å². The molecule has 2 heterocycles. The normalized spacial score (nSPS) is 30.6. The molecule has 4 fully saturated rings. The fraction of sp³-hybridized carbons (Fsp3) is 0.591. The molecule has 0 radical (unpaired) electrons. The standard InChI is InChI=1S/C22H26N4O3S/c1-26-20(16-2-3-17-18(7-16)29-12-28-17)24-25-21(26)30-11-19(27)23-22-8-13-4-14(9-22)6-15(5-13)10-22/h2-3,7,13-15H,4-6,8-12H2,1H3,(H,23,27). The molecule has 4 saturated carbocycles. The molecule has 2 aromatic rings. The summed E-state index contributed by atoms with van der Waals surface area (Å²) in [5, 5.41) is 12.8. The molecule has 0 spiro atoms. The lowest BCUT2D eigenvalue weighted by atomic mass is 9.53. The Morgan fingerprint density at radius 2 is 1.83 bits per heavy atom. The van der Waals surface area contributed by atoms with Crippen molar-refractivity contribution in [3.05, 3.63) is 18.2 Å². The smallest absolute Gasteiger partial charge is 0.231 e. The van der Waals surface area contributed by atoms with Gasteiger partial charge in [-0.25, -0.2) is 0 Å². The molecule has 7 nitrogen and oxygen atoms in total. The van der Waals surface area contributed by atoms with E-state index in [1.54, 1.807) is 0 Å². The van der Waals surface area contributed by atoms with E-state index in [4.69, 9.17) is 9.47 Å². The number of aromatic nitrogens is 3. The van der Waals surface area contributed by atoms with Crippen molar-refractivity contribution in [1.29, 1.82) is 0 Å². The van der Waals surface area contributed by atoms with Gasteiger partial charge < -0.3 is 19.4 Å². The van der Waals surface area contributed by atoms with Crippen molar-refractivity contribution in [3.8, 4) is 22.9 Å². The molecule has 30 heavy (non-hydrogen) atoms. The molecule has 0 saturated heterocycles. The Hall–Kier alpha value is -2.22. The monoisotopic (exact) mass is 426 g/mol. The number of hydrogen-bond acceptors (Lipinski definition) is 6. The highest BCUT2D eigenvalue weighted by atomic mass is 32.2. The minimum atomic E-state index is 0.0595. The number of benzene rings is 1. The van der Waals surface area contributed by atoms with Crippen molar-refractivity contribution in [2.75, 3.05) is 12.5 Å². The summed E-state index contributed by atoms with van der Waals surface area (Å²) >= 11 is 1.45. The van der Waals surface area contributed by atoms with Crippen LogP contribution in [0.4, 0.5) is 0 Å². The van der Waals surface area contributed by atoms with Crippen LogP contribution in [-0.4, -0.2) is 38.8 Å². The molecule has 8 heteroatoms. The lowest BCUT2D eigenvalue weighted by Crippen LogP contribution is -2.60. The first-order valence-electron chi connectivity index (χ1n) is 10.8. The van der Waals surface area contributed by atoms with E-state index in [2.05, 4.69) is 15.5 Å². The lowest BCUT2D eigenvalue weighted by Gasteiger charge is -2.56. The van der Waals surface area contributed by atoms with Crippen LogP contribution in [0, 0.1) is 17.8 Å². The molecule has 1 aromatic heterocycles. The topological polar surface area (TPSA) is 78.3 Å². The van der Waals surface area contributed by atoms with E-state index in [1.165, 1.54) is 50.3 Å². The number of ether oxygens (including phenoxy) is 2. The number of carbonyl (C=O) groups is 1. The Balaban J connectivity index is 1.11. The molecule has 1 N–H and O–H groups in total. The van der Waals surface area contributed by atoms with Gasteiger partial charge in [-0.05, 0) is 74.5 Å². The van der Waals surface area contributed by atoms with Crippen LogP contribution in [0.3, 0.4) is 0 Å². The molecular formula is C22H26N4O3S. The summed E-state index contributed by atoms with van der Waals surface area (Å²) in [6.07, 6.45) is 7.66. The summed E-state index contributed by atoms with van der Waals surface area (Å²) in [6, 6.07) is 5.75. The van der Waals surface area contributed by atoms with Gasteiger partial charge in [-0.1, -0.05) is 11.8 Å². The second-order valence-electron chi connectivity index (χ2n) is 9.47. The highest BCUT2D eigenvalue weighted by Gasteiger charge is 2.51. The number of amides is 1. The number of fused-ring (bicyclic) bond motifs is 1. The summed E-state index contributed by atoms with van der Waals surface area (Å²) in [4.78, 5) is 12.8. The number of carbonyl (C=O) groups excluding carboxylic acids is 1. The Bertz CT molecular complexity index is 969. The van der Waals surface area contributed by atoms with Crippen molar-refractivity contribution >= 4 is 17.7 Å². The van der Waals surface area contributed by atoms with Gasteiger partial charge >= 0.3 is 0 Å². The summed E-state index contributed by atoms with van der Waals surface area (Å²) < 4.78 is 12.8. The van der Waals surface area contributed by atoms with E-state index in [9.17, 15) is 4.79 Å². The molecule has 0 unspecified atom stereocenters. The van der Waals surface area contributed by atoms with E-state index < -0.39 is 0 Å². The van der Waals surface area contributed by atoms with Gasteiger partial charge in [0.25, 0.3) is 0 Å². The Kier molecular flexibility index (Phi) is 4.27. The zero-order valence-electron chi connectivity index (χ0n) is 17.1.